The molecule has 0 radical (unpaired) electrons. The lowest BCUT2D eigenvalue weighted by Crippen LogP contribution is -3.00. The van der Waals surface area contributed by atoms with E-state index in [0.717, 1.165) is 0 Å². The molecule has 0 unspecified atom stereocenters. The Bertz CT molecular complexity index is 156. The van der Waals surface area contributed by atoms with Gasteiger partial charge < -0.3 is 12.4 Å². The highest BCUT2D eigenvalue weighted by atomic mass is 35.5. The summed E-state index contributed by atoms with van der Waals surface area (Å²) in [6, 6.07) is 0. The topological polar surface area (TPSA) is 57.5 Å². The second kappa shape index (κ2) is 5.57. The van der Waals surface area contributed by atoms with E-state index in [4.69, 9.17) is 9.79 Å². The molecule has 0 aliphatic rings. The van der Waals surface area contributed by atoms with Gasteiger partial charge in [0.05, 0.1) is 18.5 Å². The standard InChI is InChI=1S/C6H16O3P2.ClH/c1-4-10(5-2,6-3)11(7,8)9;/h4-6H2,1-3H3,(H-,7,8,9);1H. The van der Waals surface area contributed by atoms with Crippen molar-refractivity contribution in [3.63, 3.8) is 0 Å². The molecule has 0 rings (SSSR count). The van der Waals surface area contributed by atoms with Crippen molar-refractivity contribution in [2.45, 2.75) is 20.8 Å². The van der Waals surface area contributed by atoms with Gasteiger partial charge in [0.1, 0.15) is 6.95 Å². The second-order valence-corrected chi connectivity index (χ2v) is 11.8. The van der Waals surface area contributed by atoms with Crippen LogP contribution in [0.5, 0.6) is 0 Å². The SMILES string of the molecule is CC[P+](CC)(CC)P(=O)(O)O.[Cl-]. The zero-order chi connectivity index (χ0) is 9.12. The van der Waals surface area contributed by atoms with E-state index in [-0.39, 0.29) is 12.4 Å². The predicted molar refractivity (Wildman–Crippen MR) is 50.6 cm³/mol. The summed E-state index contributed by atoms with van der Waals surface area (Å²) in [7, 11) is -3.80. The molecule has 0 aliphatic carbocycles. The van der Waals surface area contributed by atoms with E-state index in [1.807, 2.05) is 20.8 Å². The van der Waals surface area contributed by atoms with E-state index in [2.05, 4.69) is 0 Å². The molecule has 0 aromatic carbocycles. The monoisotopic (exact) mass is 234 g/mol. The molecule has 0 bridgehead atoms. The van der Waals surface area contributed by atoms with Crippen molar-refractivity contribution in [2.24, 2.45) is 0 Å². The van der Waals surface area contributed by atoms with Crippen molar-refractivity contribution in [1.82, 2.24) is 0 Å². The fourth-order valence-electron chi connectivity index (χ4n) is 1.22. The smallest absolute Gasteiger partial charge is 0.464 e. The van der Waals surface area contributed by atoms with Crippen LogP contribution < -0.4 is 12.4 Å². The first-order valence-electron chi connectivity index (χ1n) is 3.85. The lowest BCUT2D eigenvalue weighted by molar-refractivity contribution is -0.00000725. The highest BCUT2D eigenvalue weighted by molar-refractivity contribution is 8.37. The van der Waals surface area contributed by atoms with Gasteiger partial charge in [-0.1, -0.05) is 0 Å². The summed E-state index contributed by atoms with van der Waals surface area (Å²) >= 11 is 0. The molecule has 0 spiro atoms. The highest BCUT2D eigenvalue weighted by Gasteiger charge is 2.50. The maximum atomic E-state index is 11.1. The first-order chi connectivity index (χ1) is 4.93. The molecule has 3 nitrogen and oxygen atoms in total. The van der Waals surface area contributed by atoms with Crippen LogP contribution in [0.2, 0.25) is 0 Å². The summed E-state index contributed by atoms with van der Waals surface area (Å²) in [6.45, 7) is 3.67. The first-order valence-corrected chi connectivity index (χ1v) is 8.52. The van der Waals surface area contributed by atoms with Gasteiger partial charge in [-0.25, -0.2) is 4.57 Å². The highest BCUT2D eigenvalue weighted by Crippen LogP contribution is 2.84. The van der Waals surface area contributed by atoms with Crippen LogP contribution in [0.15, 0.2) is 0 Å². The first kappa shape index (κ1) is 15.3. The van der Waals surface area contributed by atoms with Crippen LogP contribution in [0.3, 0.4) is 0 Å². The molecule has 12 heavy (non-hydrogen) atoms. The Morgan fingerprint density at radius 2 is 1.33 bits per heavy atom. The van der Waals surface area contributed by atoms with Gasteiger partial charge in [-0.3, -0.25) is 9.79 Å². The van der Waals surface area contributed by atoms with Crippen LogP contribution in [0, 0.1) is 0 Å². The van der Waals surface area contributed by atoms with Crippen LogP contribution in [-0.4, -0.2) is 28.3 Å². The average Bonchev–Trinajstić information content (AvgIpc) is 1.90. The summed E-state index contributed by atoms with van der Waals surface area (Å²) in [5, 5.41) is 0. The quantitative estimate of drug-likeness (QED) is 0.624. The van der Waals surface area contributed by atoms with Gasteiger partial charge in [0.15, 0.2) is 0 Å². The van der Waals surface area contributed by atoms with Crippen molar-refractivity contribution in [2.75, 3.05) is 18.5 Å². The summed E-state index contributed by atoms with van der Waals surface area (Å²) in [5.74, 6) is 0. The molecule has 0 saturated heterocycles. The number of hydrogen-bond donors (Lipinski definition) is 2. The third-order valence-electron chi connectivity index (χ3n) is 2.32. The maximum absolute atomic E-state index is 11.1. The van der Waals surface area contributed by atoms with Gasteiger partial charge in [-0.15, -0.1) is 0 Å². The fourth-order valence-corrected chi connectivity index (χ4v) is 6.99. The summed E-state index contributed by atoms with van der Waals surface area (Å²) in [6.07, 6.45) is 1.97. The van der Waals surface area contributed by atoms with Gasteiger partial charge in [0, 0.05) is 0 Å². The molecule has 0 aliphatic heterocycles. The molecule has 0 fully saturated rings. The van der Waals surface area contributed by atoms with Gasteiger partial charge in [-0.2, -0.15) is 0 Å². The Morgan fingerprint density at radius 3 is 1.33 bits per heavy atom. The normalized spacial score (nSPS) is 12.4. The van der Waals surface area contributed by atoms with Crippen molar-refractivity contribution >= 4 is 14.2 Å². The van der Waals surface area contributed by atoms with Gasteiger partial charge in [0.2, 0.25) is 0 Å². The molecule has 0 saturated carbocycles. The van der Waals surface area contributed by atoms with Gasteiger partial charge >= 0.3 is 7.28 Å². The van der Waals surface area contributed by atoms with Gasteiger partial charge in [-0.05, 0) is 20.8 Å². The molecule has 0 aromatic rings. The largest absolute Gasteiger partial charge is 1.00 e. The van der Waals surface area contributed by atoms with E-state index in [9.17, 15) is 4.57 Å². The molecule has 0 atom stereocenters. The second-order valence-electron chi connectivity index (χ2n) is 2.56. The lowest BCUT2D eigenvalue weighted by Gasteiger charge is -2.22. The minimum absolute atomic E-state index is 0. The molecule has 76 valence electrons. The minimum atomic E-state index is -3.80. The third-order valence-corrected chi connectivity index (χ3v) is 12.8. The summed E-state index contributed by atoms with van der Waals surface area (Å²) < 4.78 is 11.1. The van der Waals surface area contributed by atoms with Crippen molar-refractivity contribution in [1.29, 1.82) is 0 Å². The molecular weight excluding hydrogens is 217 g/mol. The van der Waals surface area contributed by atoms with Crippen molar-refractivity contribution < 1.29 is 26.8 Å². The molecule has 0 heterocycles. The van der Waals surface area contributed by atoms with E-state index in [0.29, 0.717) is 18.5 Å². The Hall–Kier alpha value is 0.870. The van der Waals surface area contributed by atoms with Crippen LogP contribution in [0.1, 0.15) is 20.8 Å². The predicted octanol–water partition coefficient (Wildman–Crippen LogP) is -0.840. The fraction of sp³-hybridized carbons (Fsp3) is 1.00. The molecular formula is C6H17ClO3P2. The summed E-state index contributed by atoms with van der Waals surface area (Å²) in [5.41, 5.74) is 0. The molecule has 2 N–H and O–H groups in total. The Kier molecular flexibility index (Phi) is 7.12. The molecule has 0 aromatic heterocycles. The zero-order valence-corrected chi connectivity index (χ0v) is 10.2. The van der Waals surface area contributed by atoms with E-state index < -0.39 is 14.2 Å². The average molecular weight is 235 g/mol. The van der Waals surface area contributed by atoms with Crippen molar-refractivity contribution in [3.8, 4) is 0 Å². The van der Waals surface area contributed by atoms with Gasteiger partial charge in [0.25, 0.3) is 0 Å². The molecule has 6 heteroatoms. The summed E-state index contributed by atoms with van der Waals surface area (Å²) in [4.78, 5) is 18.2. The number of hydrogen-bond acceptors (Lipinski definition) is 1. The maximum Gasteiger partial charge on any atom is 0.464 e. The van der Waals surface area contributed by atoms with E-state index >= 15 is 0 Å². The van der Waals surface area contributed by atoms with E-state index in [1.165, 1.54) is 0 Å². The minimum Gasteiger partial charge on any atom is -1.00 e. The van der Waals surface area contributed by atoms with Crippen molar-refractivity contribution in [3.05, 3.63) is 0 Å². The van der Waals surface area contributed by atoms with E-state index in [1.54, 1.807) is 0 Å². The lowest BCUT2D eigenvalue weighted by atomic mass is 10.9. The third kappa shape index (κ3) is 2.97. The zero-order valence-electron chi connectivity index (χ0n) is 7.70. The van der Waals surface area contributed by atoms with Crippen LogP contribution >= 0.6 is 14.2 Å². The number of rotatable bonds is 4. The van der Waals surface area contributed by atoms with Crippen LogP contribution in [-0.2, 0) is 4.57 Å². The van der Waals surface area contributed by atoms with Crippen LogP contribution in [0.4, 0.5) is 0 Å². The Morgan fingerprint density at radius 1 is 1.08 bits per heavy atom. The Labute approximate surface area is 80.7 Å². The van der Waals surface area contributed by atoms with Crippen LogP contribution in [0.25, 0.3) is 0 Å². The Balaban J connectivity index is 0. The number of halogens is 1. The molecule has 0 amide bonds.